The van der Waals surface area contributed by atoms with E-state index >= 15 is 0 Å². The van der Waals surface area contributed by atoms with Gasteiger partial charge in [-0.25, -0.2) is 27.2 Å². The van der Waals surface area contributed by atoms with E-state index in [1.54, 1.807) is 6.20 Å². The van der Waals surface area contributed by atoms with Crippen LogP contribution in [0.1, 0.15) is 32.1 Å². The molecule has 1 spiro atoms. The molecule has 15 heteroatoms. The minimum Gasteiger partial charge on any atom is -0.353 e. The molecular formula is C22H31F2N7O4S2. The van der Waals surface area contributed by atoms with Gasteiger partial charge in [0, 0.05) is 45.8 Å². The van der Waals surface area contributed by atoms with Gasteiger partial charge >= 0.3 is 0 Å². The first-order valence-corrected chi connectivity index (χ1v) is 15.5. The van der Waals surface area contributed by atoms with Crippen molar-refractivity contribution in [2.75, 3.05) is 50.4 Å². The molecule has 6 rings (SSSR count). The number of rotatable bonds is 8. The predicted molar refractivity (Wildman–Crippen MR) is 133 cm³/mol. The van der Waals surface area contributed by atoms with Crippen LogP contribution in [-0.4, -0.2) is 102 Å². The van der Waals surface area contributed by atoms with Gasteiger partial charge in [0.15, 0.2) is 9.84 Å². The van der Waals surface area contributed by atoms with Gasteiger partial charge in [-0.2, -0.15) is 17.0 Å². The van der Waals surface area contributed by atoms with Crippen LogP contribution in [0, 0.1) is 5.92 Å². The number of anilines is 1. The lowest BCUT2D eigenvalue weighted by Gasteiger charge is -2.44. The highest BCUT2D eigenvalue weighted by Gasteiger charge is 2.61. The number of aromatic amines is 1. The summed E-state index contributed by atoms with van der Waals surface area (Å²) in [5, 5.41) is 3.38. The molecule has 1 atom stereocenters. The number of alkyl halides is 2. The van der Waals surface area contributed by atoms with Crippen LogP contribution in [0.4, 0.5) is 14.6 Å². The second-order valence-electron chi connectivity index (χ2n) is 11.0. The van der Waals surface area contributed by atoms with Crippen molar-refractivity contribution in [3.05, 3.63) is 18.6 Å². The van der Waals surface area contributed by atoms with E-state index in [-0.39, 0.29) is 18.2 Å². The number of sulfone groups is 1. The van der Waals surface area contributed by atoms with E-state index in [1.807, 2.05) is 6.07 Å². The zero-order chi connectivity index (χ0) is 26.3. The van der Waals surface area contributed by atoms with E-state index < -0.39 is 55.9 Å². The van der Waals surface area contributed by atoms with Crippen molar-refractivity contribution >= 4 is 36.9 Å². The molecule has 0 bridgehead atoms. The lowest BCUT2D eigenvalue weighted by atomic mass is 10.2. The highest BCUT2D eigenvalue weighted by molar-refractivity contribution is 7.93. The number of H-pyrrole nitrogens is 1. The summed E-state index contributed by atoms with van der Waals surface area (Å²) in [6.07, 6.45) is 5.10. The SMILES string of the molecule is CN(C[C@@]1(S(=O)(=O)CC2CC2)CC(F)(F)CN1)S(=O)(=O)N1CCN(c2ncnc3[nH]ccc23)CC12CC2. The quantitative estimate of drug-likeness (QED) is 0.489. The van der Waals surface area contributed by atoms with Crippen LogP contribution in [0.15, 0.2) is 18.6 Å². The molecule has 2 aliphatic carbocycles. The summed E-state index contributed by atoms with van der Waals surface area (Å²) >= 11 is 0. The molecule has 0 radical (unpaired) electrons. The molecule has 11 nitrogen and oxygen atoms in total. The maximum atomic E-state index is 14.3. The molecule has 2 saturated carbocycles. The van der Waals surface area contributed by atoms with Gasteiger partial charge in [-0.05, 0) is 37.7 Å². The maximum Gasteiger partial charge on any atom is 0.282 e. The van der Waals surface area contributed by atoms with Gasteiger partial charge in [0.1, 0.15) is 22.7 Å². The maximum absolute atomic E-state index is 14.3. The Kier molecular flexibility index (Phi) is 5.67. The average molecular weight is 560 g/mol. The number of piperazine rings is 1. The van der Waals surface area contributed by atoms with Crippen molar-refractivity contribution in [3.8, 4) is 0 Å². The van der Waals surface area contributed by atoms with Crippen LogP contribution in [0.5, 0.6) is 0 Å². The monoisotopic (exact) mass is 559 g/mol. The van der Waals surface area contributed by atoms with Gasteiger partial charge in [-0.1, -0.05) is 0 Å². The molecule has 4 aliphatic rings. The number of aromatic nitrogens is 3. The summed E-state index contributed by atoms with van der Waals surface area (Å²) in [4.78, 5) is 11.7. The van der Waals surface area contributed by atoms with E-state index in [0.29, 0.717) is 31.6 Å². The van der Waals surface area contributed by atoms with Crippen molar-refractivity contribution in [3.63, 3.8) is 0 Å². The molecular weight excluding hydrogens is 528 g/mol. The topological polar surface area (TPSA) is 132 Å². The van der Waals surface area contributed by atoms with Gasteiger partial charge < -0.3 is 9.88 Å². The fourth-order valence-corrected chi connectivity index (χ4v) is 10.0. The molecule has 0 aromatic carbocycles. The Hall–Kier alpha value is -1.94. The highest BCUT2D eigenvalue weighted by atomic mass is 32.2. The standard InChI is InChI=1S/C22H31F2N7O4S2/c1-29(14-22(11-21(23,24)12-28-22)36(32,33)10-16-2-3-16)37(34,35)31-9-8-30(13-20(31)5-6-20)19-17-4-7-25-18(17)26-15-27-19/h4,7,15-16,28H,2-3,5-6,8-14H2,1H3,(H,25,26,27)/t22-/m0/s1. The Bertz CT molecular complexity index is 1430. The molecule has 4 heterocycles. The van der Waals surface area contributed by atoms with Crippen molar-refractivity contribution < 1.29 is 25.6 Å². The van der Waals surface area contributed by atoms with E-state index in [0.717, 1.165) is 28.4 Å². The van der Waals surface area contributed by atoms with Crippen LogP contribution in [0.3, 0.4) is 0 Å². The Morgan fingerprint density at radius 1 is 1.16 bits per heavy atom. The molecule has 37 heavy (non-hydrogen) atoms. The third kappa shape index (κ3) is 4.32. The van der Waals surface area contributed by atoms with Crippen molar-refractivity contribution in [1.82, 2.24) is 28.9 Å². The minimum absolute atomic E-state index is 0.0455. The van der Waals surface area contributed by atoms with Crippen molar-refractivity contribution in [2.24, 2.45) is 5.92 Å². The molecule has 4 fully saturated rings. The first kappa shape index (κ1) is 25.3. The fourth-order valence-electron chi connectivity index (χ4n) is 5.79. The number of hydrogen-bond donors (Lipinski definition) is 2. The number of likely N-dealkylation sites (N-methyl/N-ethyl adjacent to an activating group) is 1. The molecule has 2 aromatic heterocycles. The number of nitrogens with one attached hydrogen (secondary N) is 2. The lowest BCUT2D eigenvalue weighted by molar-refractivity contribution is 0.0189. The van der Waals surface area contributed by atoms with E-state index in [1.165, 1.54) is 17.7 Å². The van der Waals surface area contributed by atoms with Crippen LogP contribution in [0.2, 0.25) is 0 Å². The van der Waals surface area contributed by atoms with Gasteiger partial charge in [0.05, 0.1) is 23.2 Å². The van der Waals surface area contributed by atoms with Gasteiger partial charge in [0.2, 0.25) is 0 Å². The van der Waals surface area contributed by atoms with Crippen LogP contribution < -0.4 is 10.2 Å². The summed E-state index contributed by atoms with van der Waals surface area (Å²) in [6, 6.07) is 1.88. The van der Waals surface area contributed by atoms with Crippen LogP contribution in [0.25, 0.3) is 11.0 Å². The number of hydrogen-bond acceptors (Lipinski definition) is 8. The van der Waals surface area contributed by atoms with Gasteiger partial charge in [-0.15, -0.1) is 0 Å². The number of nitrogens with zero attached hydrogens (tertiary/aromatic N) is 5. The van der Waals surface area contributed by atoms with Crippen molar-refractivity contribution in [1.29, 1.82) is 0 Å². The van der Waals surface area contributed by atoms with Gasteiger partial charge in [0.25, 0.3) is 16.1 Å². The second kappa shape index (κ2) is 8.28. The van der Waals surface area contributed by atoms with Crippen molar-refractivity contribution in [2.45, 2.75) is 48.4 Å². The minimum atomic E-state index is -4.13. The van der Waals surface area contributed by atoms with Crippen LogP contribution in [-0.2, 0) is 20.0 Å². The fraction of sp³-hybridized carbons (Fsp3) is 0.727. The molecule has 2 saturated heterocycles. The first-order chi connectivity index (χ1) is 17.4. The summed E-state index contributed by atoms with van der Waals surface area (Å²) in [6.45, 7) is -0.369. The number of fused-ring (bicyclic) bond motifs is 1. The normalized spacial score (nSPS) is 27.9. The Balaban J connectivity index is 1.24. The molecule has 0 unspecified atom stereocenters. The zero-order valence-electron chi connectivity index (χ0n) is 20.5. The highest BCUT2D eigenvalue weighted by Crippen LogP contribution is 2.48. The summed E-state index contributed by atoms with van der Waals surface area (Å²) < 4.78 is 85.2. The lowest BCUT2D eigenvalue weighted by Crippen LogP contribution is -2.63. The smallest absolute Gasteiger partial charge is 0.282 e. The Morgan fingerprint density at radius 3 is 2.57 bits per heavy atom. The van der Waals surface area contributed by atoms with E-state index in [4.69, 9.17) is 0 Å². The Labute approximate surface area is 214 Å². The summed E-state index contributed by atoms with van der Waals surface area (Å²) in [5.41, 5.74) is 0.0506. The van der Waals surface area contributed by atoms with E-state index in [9.17, 15) is 25.6 Å². The molecule has 2 aromatic rings. The molecule has 2 aliphatic heterocycles. The first-order valence-electron chi connectivity index (χ1n) is 12.5. The van der Waals surface area contributed by atoms with Crippen LogP contribution >= 0.6 is 0 Å². The van der Waals surface area contributed by atoms with Gasteiger partial charge in [-0.3, -0.25) is 5.32 Å². The summed E-state index contributed by atoms with van der Waals surface area (Å²) in [7, 11) is -6.87. The molecule has 204 valence electrons. The third-order valence-electron chi connectivity index (χ3n) is 8.16. The zero-order valence-corrected chi connectivity index (χ0v) is 22.2. The molecule has 2 N–H and O–H groups in total. The number of halogens is 2. The molecule has 0 amide bonds. The predicted octanol–water partition coefficient (Wildman–Crippen LogP) is 0.939. The van der Waals surface area contributed by atoms with E-state index in [2.05, 4.69) is 25.2 Å². The third-order valence-corrected chi connectivity index (χ3v) is 12.7. The second-order valence-corrected chi connectivity index (χ2v) is 15.3. The Morgan fingerprint density at radius 2 is 1.92 bits per heavy atom. The average Bonchev–Trinajstić information content (AvgIpc) is 3.71. The largest absolute Gasteiger partial charge is 0.353 e. The summed E-state index contributed by atoms with van der Waals surface area (Å²) in [5.74, 6) is -2.76.